The van der Waals surface area contributed by atoms with Gasteiger partial charge < -0.3 is 9.72 Å². The Balaban J connectivity index is 1.72. The van der Waals surface area contributed by atoms with Crippen molar-refractivity contribution in [3.63, 3.8) is 0 Å². The number of ether oxygens (including phenoxy) is 1. The number of nitrogens with zero attached hydrogens (tertiary/aromatic N) is 1. The van der Waals surface area contributed by atoms with Gasteiger partial charge in [-0.2, -0.15) is 0 Å². The lowest BCUT2D eigenvalue weighted by Gasteiger charge is -2.08. The molecule has 110 valence electrons. The van der Waals surface area contributed by atoms with E-state index in [9.17, 15) is 0 Å². The highest BCUT2D eigenvalue weighted by Crippen LogP contribution is 2.70. The Labute approximate surface area is 129 Å². The van der Waals surface area contributed by atoms with E-state index in [-0.39, 0.29) is 5.41 Å². The third kappa shape index (κ3) is 1.92. The van der Waals surface area contributed by atoms with E-state index in [1.165, 1.54) is 16.8 Å². The van der Waals surface area contributed by atoms with Gasteiger partial charge in [-0.3, -0.25) is 0 Å². The van der Waals surface area contributed by atoms with Crippen molar-refractivity contribution in [1.82, 2.24) is 9.97 Å². The second kappa shape index (κ2) is 4.54. The fourth-order valence-corrected chi connectivity index (χ4v) is 4.26. The molecule has 0 amide bonds. The number of hydrogen-bond donors (Lipinski definition) is 1. The molecular weight excluding hydrogens is 280 g/mol. The van der Waals surface area contributed by atoms with Gasteiger partial charge in [-0.25, -0.2) is 4.98 Å². The Morgan fingerprint density at radius 1 is 1.33 bits per heavy atom. The summed E-state index contributed by atoms with van der Waals surface area (Å²) in [5, 5.41) is 1.01. The van der Waals surface area contributed by atoms with Crippen molar-refractivity contribution in [2.75, 3.05) is 12.9 Å². The molecule has 0 spiro atoms. The summed E-state index contributed by atoms with van der Waals surface area (Å²) in [6.07, 6.45) is 5.18. The number of imidazole rings is 1. The molecule has 2 aromatic rings. The molecule has 2 aliphatic rings. The quantitative estimate of drug-likeness (QED) is 0.872. The van der Waals surface area contributed by atoms with Crippen LogP contribution in [0.4, 0.5) is 0 Å². The van der Waals surface area contributed by atoms with Gasteiger partial charge in [0.1, 0.15) is 5.75 Å². The van der Waals surface area contributed by atoms with Crippen LogP contribution in [0.5, 0.6) is 5.75 Å². The van der Waals surface area contributed by atoms with E-state index in [4.69, 9.17) is 9.72 Å². The van der Waals surface area contributed by atoms with Crippen LogP contribution in [0.1, 0.15) is 42.5 Å². The molecule has 0 saturated heterocycles. The van der Waals surface area contributed by atoms with Gasteiger partial charge in [-0.15, -0.1) is 0 Å². The second-order valence-corrected chi connectivity index (χ2v) is 7.33. The number of rotatable bonds is 3. The van der Waals surface area contributed by atoms with Gasteiger partial charge in [0.15, 0.2) is 5.16 Å². The first-order chi connectivity index (χ1) is 10.1. The van der Waals surface area contributed by atoms with E-state index in [0.717, 1.165) is 23.9 Å². The molecule has 4 heteroatoms. The van der Waals surface area contributed by atoms with Crippen molar-refractivity contribution >= 4 is 11.8 Å². The normalized spacial score (nSPS) is 25.5. The summed E-state index contributed by atoms with van der Waals surface area (Å²) in [5.74, 6) is 2.13. The minimum Gasteiger partial charge on any atom is -0.493 e. The lowest BCUT2D eigenvalue weighted by Crippen LogP contribution is -1.94. The predicted octanol–water partition coefficient (Wildman–Crippen LogP) is 3.97. The highest BCUT2D eigenvalue weighted by Gasteiger charge is 2.60. The van der Waals surface area contributed by atoms with Crippen LogP contribution in [0, 0.1) is 5.41 Å². The summed E-state index contributed by atoms with van der Waals surface area (Å²) in [6.45, 7) is 5.53. The van der Waals surface area contributed by atoms with Crippen molar-refractivity contribution in [1.29, 1.82) is 0 Å². The molecule has 21 heavy (non-hydrogen) atoms. The van der Waals surface area contributed by atoms with Crippen LogP contribution in [0.2, 0.25) is 0 Å². The molecule has 1 aliphatic heterocycles. The highest BCUT2D eigenvalue weighted by atomic mass is 32.2. The molecule has 2 atom stereocenters. The Hall–Kier alpha value is -1.42. The summed E-state index contributed by atoms with van der Waals surface area (Å²) in [6, 6.07) is 6.50. The van der Waals surface area contributed by atoms with Gasteiger partial charge in [-0.1, -0.05) is 37.7 Å². The molecule has 1 fully saturated rings. The van der Waals surface area contributed by atoms with Gasteiger partial charge in [0.25, 0.3) is 0 Å². The average molecular weight is 300 g/mol. The molecular formula is C17H20N2OS. The fraction of sp³-hybridized carbons (Fsp3) is 0.471. The van der Waals surface area contributed by atoms with Gasteiger partial charge >= 0.3 is 0 Å². The smallest absolute Gasteiger partial charge is 0.165 e. The minimum atomic E-state index is 0.266. The molecule has 1 aliphatic carbocycles. The zero-order valence-corrected chi connectivity index (χ0v) is 13.5. The number of H-pyrrole nitrogens is 1. The third-order valence-corrected chi connectivity index (χ3v) is 5.62. The van der Waals surface area contributed by atoms with Crippen molar-refractivity contribution in [3.8, 4) is 5.75 Å². The minimum absolute atomic E-state index is 0.266. The van der Waals surface area contributed by atoms with Gasteiger partial charge in [-0.05, 0) is 29.2 Å². The van der Waals surface area contributed by atoms with Gasteiger partial charge in [0.05, 0.1) is 12.3 Å². The summed E-state index contributed by atoms with van der Waals surface area (Å²) in [7, 11) is 0. The summed E-state index contributed by atoms with van der Waals surface area (Å²) < 4.78 is 5.72. The SMILES string of the molecule is CSc1nc([C@@H]2[C@@H](c3cccc4c3CCO4)C2(C)C)c[nH]1. The number of hydrogen-bond acceptors (Lipinski definition) is 3. The molecule has 1 N–H and O–H groups in total. The number of nitrogens with one attached hydrogen (secondary N) is 1. The topological polar surface area (TPSA) is 37.9 Å². The molecule has 4 rings (SSSR count). The predicted molar refractivity (Wildman–Crippen MR) is 85.3 cm³/mol. The van der Waals surface area contributed by atoms with Crippen LogP contribution in [0.15, 0.2) is 29.6 Å². The molecule has 3 nitrogen and oxygen atoms in total. The molecule has 2 heterocycles. The van der Waals surface area contributed by atoms with Crippen molar-refractivity contribution in [3.05, 3.63) is 41.2 Å². The Morgan fingerprint density at radius 3 is 2.95 bits per heavy atom. The molecule has 1 aromatic carbocycles. The average Bonchev–Trinajstić information content (AvgIpc) is 2.92. The van der Waals surface area contributed by atoms with E-state index < -0.39 is 0 Å². The second-order valence-electron chi connectivity index (χ2n) is 6.53. The number of thioether (sulfide) groups is 1. The Kier molecular flexibility index (Phi) is 2.86. The first-order valence-corrected chi connectivity index (χ1v) is 8.69. The van der Waals surface area contributed by atoms with E-state index in [2.05, 4.69) is 49.5 Å². The maximum Gasteiger partial charge on any atom is 0.165 e. The highest BCUT2D eigenvalue weighted by molar-refractivity contribution is 7.98. The van der Waals surface area contributed by atoms with Gasteiger partial charge in [0, 0.05) is 24.1 Å². The summed E-state index contributed by atoms with van der Waals surface area (Å²) in [4.78, 5) is 8.00. The van der Waals surface area contributed by atoms with Crippen molar-refractivity contribution in [2.24, 2.45) is 5.41 Å². The number of aromatic nitrogens is 2. The molecule has 1 aromatic heterocycles. The van der Waals surface area contributed by atoms with Crippen molar-refractivity contribution in [2.45, 2.75) is 37.3 Å². The van der Waals surface area contributed by atoms with Crippen LogP contribution in [-0.4, -0.2) is 22.8 Å². The summed E-state index contributed by atoms with van der Waals surface area (Å²) >= 11 is 1.67. The van der Waals surface area contributed by atoms with Crippen LogP contribution < -0.4 is 4.74 Å². The Morgan fingerprint density at radius 2 is 2.19 bits per heavy atom. The first kappa shape index (κ1) is 13.3. The maximum atomic E-state index is 5.72. The fourth-order valence-electron chi connectivity index (χ4n) is 3.89. The van der Waals surface area contributed by atoms with E-state index >= 15 is 0 Å². The van der Waals surface area contributed by atoms with Crippen LogP contribution in [0.25, 0.3) is 0 Å². The molecule has 0 unspecified atom stereocenters. The van der Waals surface area contributed by atoms with Crippen LogP contribution in [-0.2, 0) is 6.42 Å². The standard InChI is InChI=1S/C17H20N2OS/c1-17(2)14(15(17)12-9-18-16(19-12)21-3)11-5-4-6-13-10(11)7-8-20-13/h4-6,9,14-15H,7-8H2,1-3H3,(H,18,19)/t14-,15-/m1/s1. The molecule has 0 bridgehead atoms. The monoisotopic (exact) mass is 300 g/mol. The number of aromatic amines is 1. The third-order valence-electron chi connectivity index (χ3n) is 5.03. The lowest BCUT2D eigenvalue weighted by molar-refractivity contribution is 0.357. The zero-order valence-electron chi connectivity index (χ0n) is 12.6. The van der Waals surface area contributed by atoms with Crippen LogP contribution >= 0.6 is 11.8 Å². The maximum absolute atomic E-state index is 5.72. The molecule has 0 radical (unpaired) electrons. The number of fused-ring (bicyclic) bond motifs is 1. The Bertz CT molecular complexity index is 692. The lowest BCUT2D eigenvalue weighted by atomic mass is 9.96. The first-order valence-electron chi connectivity index (χ1n) is 7.47. The van der Waals surface area contributed by atoms with E-state index in [0.29, 0.717) is 11.8 Å². The van der Waals surface area contributed by atoms with E-state index in [1.807, 2.05) is 0 Å². The van der Waals surface area contributed by atoms with Gasteiger partial charge in [0.2, 0.25) is 0 Å². The largest absolute Gasteiger partial charge is 0.493 e. The van der Waals surface area contributed by atoms with Crippen LogP contribution in [0.3, 0.4) is 0 Å². The van der Waals surface area contributed by atoms with Crippen molar-refractivity contribution < 1.29 is 4.74 Å². The number of benzene rings is 1. The molecule has 1 saturated carbocycles. The zero-order chi connectivity index (χ0) is 14.6. The summed E-state index contributed by atoms with van der Waals surface area (Å²) in [5.41, 5.74) is 4.35. The van der Waals surface area contributed by atoms with E-state index in [1.54, 1.807) is 11.8 Å².